The average molecular weight is 439 g/mol. The lowest BCUT2D eigenvalue weighted by Crippen LogP contribution is -2.27. The van der Waals surface area contributed by atoms with Crippen LogP contribution in [0.15, 0.2) is 113 Å². The van der Waals surface area contributed by atoms with Crippen LogP contribution in [0.3, 0.4) is 0 Å². The van der Waals surface area contributed by atoms with Crippen molar-refractivity contribution < 1.29 is 0 Å². The minimum absolute atomic E-state index is 0.0591. The summed E-state index contributed by atoms with van der Waals surface area (Å²) in [5, 5.41) is 6.02. The van der Waals surface area contributed by atoms with Crippen LogP contribution in [0.5, 0.6) is 0 Å². The third-order valence-corrected chi connectivity index (χ3v) is 5.72. The fourth-order valence-corrected chi connectivity index (χ4v) is 4.01. The van der Waals surface area contributed by atoms with Crippen molar-refractivity contribution >= 4 is 38.2 Å². The molecule has 0 aromatic heterocycles. The Balaban J connectivity index is 1.66. The van der Waals surface area contributed by atoms with Crippen molar-refractivity contribution in [2.24, 2.45) is 4.99 Å². The highest BCUT2D eigenvalue weighted by Gasteiger charge is 2.20. The zero-order valence-electron chi connectivity index (χ0n) is 15.7. The summed E-state index contributed by atoms with van der Waals surface area (Å²) in [5.41, 5.74) is 4.51. The van der Waals surface area contributed by atoms with Crippen molar-refractivity contribution in [3.8, 4) is 0 Å². The molecule has 1 heterocycles. The number of hydrogen-bond acceptors (Lipinski definition) is 2. The predicted molar refractivity (Wildman–Crippen MR) is 125 cm³/mol. The van der Waals surface area contributed by atoms with E-state index in [0.29, 0.717) is 0 Å². The zero-order valence-corrected chi connectivity index (χ0v) is 17.3. The number of nitrogens with zero attached hydrogens (tertiary/aromatic N) is 1. The number of fused-ring (bicyclic) bond motifs is 1. The Kier molecular flexibility index (Phi) is 4.74. The molecule has 1 aliphatic rings. The van der Waals surface area contributed by atoms with Gasteiger partial charge in [0.25, 0.3) is 0 Å². The van der Waals surface area contributed by atoms with Gasteiger partial charge in [-0.2, -0.15) is 0 Å². The molecule has 1 N–H and O–H groups in total. The van der Waals surface area contributed by atoms with Crippen LogP contribution in [0.1, 0.15) is 22.7 Å². The number of hydrogen-bond donors (Lipinski definition) is 1. The monoisotopic (exact) mass is 438 g/mol. The third-order valence-electron chi connectivity index (χ3n) is 5.19. The molecule has 140 valence electrons. The van der Waals surface area contributed by atoms with E-state index in [1.165, 1.54) is 16.3 Å². The Morgan fingerprint density at radius 2 is 1.41 bits per heavy atom. The van der Waals surface area contributed by atoms with Gasteiger partial charge in [0.1, 0.15) is 5.84 Å². The van der Waals surface area contributed by atoms with Crippen LogP contribution in [0.2, 0.25) is 0 Å². The summed E-state index contributed by atoms with van der Waals surface area (Å²) in [5.74, 6) is 0.893. The summed E-state index contributed by atoms with van der Waals surface area (Å²) in [6, 6.07) is 33.6. The highest BCUT2D eigenvalue weighted by molar-refractivity contribution is 9.10. The first-order chi connectivity index (χ1) is 14.3. The fourth-order valence-electron chi connectivity index (χ4n) is 3.74. The first kappa shape index (κ1) is 17.9. The van der Waals surface area contributed by atoms with Crippen LogP contribution in [-0.4, -0.2) is 5.84 Å². The molecule has 0 spiro atoms. The molecule has 0 bridgehead atoms. The molecule has 5 rings (SSSR count). The van der Waals surface area contributed by atoms with E-state index in [0.717, 1.165) is 27.1 Å². The summed E-state index contributed by atoms with van der Waals surface area (Å²) in [7, 11) is 0. The lowest BCUT2D eigenvalue weighted by Gasteiger charge is -2.24. The molecule has 4 aromatic carbocycles. The van der Waals surface area contributed by atoms with Crippen LogP contribution in [0.4, 0.5) is 0 Å². The van der Waals surface area contributed by atoms with Gasteiger partial charge < -0.3 is 5.32 Å². The van der Waals surface area contributed by atoms with E-state index >= 15 is 0 Å². The molecule has 0 aliphatic carbocycles. The first-order valence-corrected chi connectivity index (χ1v) is 10.4. The molecule has 0 amide bonds. The zero-order chi connectivity index (χ0) is 19.6. The number of halogens is 1. The molecular formula is C26H19BrN2. The van der Waals surface area contributed by atoms with Crippen molar-refractivity contribution in [1.29, 1.82) is 0 Å². The molecule has 1 unspecified atom stereocenters. The maximum atomic E-state index is 5.09. The largest absolute Gasteiger partial charge is 0.340 e. The van der Waals surface area contributed by atoms with Crippen molar-refractivity contribution in [3.05, 3.63) is 124 Å². The first-order valence-electron chi connectivity index (χ1n) is 9.63. The van der Waals surface area contributed by atoms with Gasteiger partial charge in [-0.05, 0) is 40.1 Å². The molecule has 0 fully saturated rings. The van der Waals surface area contributed by atoms with E-state index in [9.17, 15) is 0 Å². The number of nitrogens with one attached hydrogen (secondary N) is 1. The second-order valence-corrected chi connectivity index (χ2v) is 7.98. The fraction of sp³-hybridized carbons (Fsp3) is 0.0385. The molecule has 29 heavy (non-hydrogen) atoms. The van der Waals surface area contributed by atoms with Gasteiger partial charge in [-0.15, -0.1) is 0 Å². The summed E-state index contributed by atoms with van der Waals surface area (Å²) >= 11 is 3.53. The standard InChI is InChI=1S/C26H19BrN2/c27-21-15-13-19(14-16-21)24-17-25(29-26(28-24)20-8-2-1-3-9-20)23-12-6-10-18-7-4-5-11-22(18)23/h1-17,25H,(H,28,29). The molecule has 1 atom stereocenters. The van der Waals surface area contributed by atoms with Crippen LogP contribution < -0.4 is 5.32 Å². The van der Waals surface area contributed by atoms with Gasteiger partial charge in [-0.25, -0.2) is 0 Å². The van der Waals surface area contributed by atoms with Crippen LogP contribution >= 0.6 is 15.9 Å². The van der Waals surface area contributed by atoms with Gasteiger partial charge in [0.2, 0.25) is 0 Å². The predicted octanol–water partition coefficient (Wildman–Crippen LogP) is 6.73. The SMILES string of the molecule is Brc1ccc(C2=CC(c3cccc4ccccc34)N=C(c3ccccc3)N2)cc1. The molecule has 1 aliphatic heterocycles. The normalized spacial score (nSPS) is 16.1. The Morgan fingerprint density at radius 3 is 2.24 bits per heavy atom. The molecule has 0 saturated heterocycles. The summed E-state index contributed by atoms with van der Waals surface area (Å²) in [6.45, 7) is 0. The maximum Gasteiger partial charge on any atom is 0.133 e. The average Bonchev–Trinajstić information content (AvgIpc) is 2.79. The van der Waals surface area contributed by atoms with Crippen molar-refractivity contribution in [1.82, 2.24) is 5.32 Å². The van der Waals surface area contributed by atoms with Crippen molar-refractivity contribution in [3.63, 3.8) is 0 Å². The van der Waals surface area contributed by atoms with Gasteiger partial charge in [-0.3, -0.25) is 4.99 Å². The van der Waals surface area contributed by atoms with Gasteiger partial charge in [0, 0.05) is 15.7 Å². The second-order valence-electron chi connectivity index (χ2n) is 7.07. The van der Waals surface area contributed by atoms with E-state index in [-0.39, 0.29) is 6.04 Å². The van der Waals surface area contributed by atoms with Crippen LogP contribution in [-0.2, 0) is 0 Å². The third kappa shape index (κ3) is 3.62. The van der Waals surface area contributed by atoms with E-state index in [1.807, 2.05) is 18.2 Å². The summed E-state index contributed by atoms with van der Waals surface area (Å²) in [6.07, 6.45) is 2.22. The van der Waals surface area contributed by atoms with Crippen molar-refractivity contribution in [2.45, 2.75) is 6.04 Å². The Bertz CT molecular complexity index is 1220. The van der Waals surface area contributed by atoms with E-state index in [1.54, 1.807) is 0 Å². The Hall–Kier alpha value is -3.17. The molecule has 0 radical (unpaired) electrons. The minimum Gasteiger partial charge on any atom is -0.340 e. The number of aliphatic imine (C=N–C) groups is 1. The van der Waals surface area contributed by atoms with Crippen LogP contribution in [0.25, 0.3) is 16.5 Å². The number of amidine groups is 1. The van der Waals surface area contributed by atoms with Gasteiger partial charge in [0.15, 0.2) is 0 Å². The summed E-state index contributed by atoms with van der Waals surface area (Å²) in [4.78, 5) is 5.09. The Morgan fingerprint density at radius 1 is 0.690 bits per heavy atom. The summed E-state index contributed by atoms with van der Waals surface area (Å²) < 4.78 is 1.07. The smallest absolute Gasteiger partial charge is 0.133 e. The molecule has 4 aromatic rings. The lowest BCUT2D eigenvalue weighted by molar-refractivity contribution is 0.889. The highest BCUT2D eigenvalue weighted by Crippen LogP contribution is 2.32. The minimum atomic E-state index is -0.0591. The molecule has 2 nitrogen and oxygen atoms in total. The quantitative estimate of drug-likeness (QED) is 0.376. The maximum absolute atomic E-state index is 5.09. The molecule has 0 saturated carbocycles. The molecule has 3 heteroatoms. The van der Waals surface area contributed by atoms with Crippen LogP contribution in [0, 0.1) is 0 Å². The number of rotatable bonds is 3. The lowest BCUT2D eigenvalue weighted by atomic mass is 9.96. The topological polar surface area (TPSA) is 24.4 Å². The van der Waals surface area contributed by atoms with Gasteiger partial charge in [-0.1, -0.05) is 101 Å². The second kappa shape index (κ2) is 7.69. The van der Waals surface area contributed by atoms with Crippen molar-refractivity contribution in [2.75, 3.05) is 0 Å². The van der Waals surface area contributed by atoms with E-state index in [2.05, 4.69) is 106 Å². The Labute approximate surface area is 178 Å². The van der Waals surface area contributed by atoms with Gasteiger partial charge >= 0.3 is 0 Å². The number of benzene rings is 4. The molecular weight excluding hydrogens is 420 g/mol. The van der Waals surface area contributed by atoms with Gasteiger partial charge in [0.05, 0.1) is 6.04 Å². The highest BCUT2D eigenvalue weighted by atomic mass is 79.9. The van der Waals surface area contributed by atoms with E-state index < -0.39 is 0 Å². The van der Waals surface area contributed by atoms with E-state index in [4.69, 9.17) is 4.99 Å².